The highest BCUT2D eigenvalue weighted by atomic mass is 16.6. The number of para-hydroxylation sites is 1. The summed E-state index contributed by atoms with van der Waals surface area (Å²) in [5, 5.41) is 3.26. The van der Waals surface area contributed by atoms with Gasteiger partial charge < -0.3 is 10.2 Å². The lowest BCUT2D eigenvalue weighted by atomic mass is 10.2. The number of rotatable bonds is 3. The fraction of sp³-hybridized carbons (Fsp3) is 0. The third-order valence-corrected chi connectivity index (χ3v) is 2.05. The van der Waals surface area contributed by atoms with Crippen molar-refractivity contribution in [3.8, 4) is 5.75 Å². The van der Waals surface area contributed by atoms with Crippen molar-refractivity contribution in [2.45, 2.75) is 0 Å². The van der Waals surface area contributed by atoms with Gasteiger partial charge in [0.05, 0.1) is 0 Å². The lowest BCUT2D eigenvalue weighted by molar-refractivity contribution is 0.334. The van der Waals surface area contributed by atoms with Gasteiger partial charge in [-0.2, -0.15) is 5.90 Å². The molecule has 2 aromatic rings. The Morgan fingerprint density at radius 1 is 0.800 bits per heavy atom. The van der Waals surface area contributed by atoms with Gasteiger partial charge in [0, 0.05) is 11.4 Å². The van der Waals surface area contributed by atoms with E-state index in [2.05, 4.69) is 10.2 Å². The van der Waals surface area contributed by atoms with Crippen molar-refractivity contribution in [3.05, 3.63) is 54.6 Å². The van der Waals surface area contributed by atoms with Crippen LogP contribution >= 0.6 is 0 Å². The average Bonchev–Trinajstić information content (AvgIpc) is 2.31. The van der Waals surface area contributed by atoms with Gasteiger partial charge in [-0.25, -0.2) is 0 Å². The zero-order chi connectivity index (χ0) is 10.5. The molecule has 0 saturated carbocycles. The molecule has 3 nitrogen and oxygen atoms in total. The fourth-order valence-electron chi connectivity index (χ4n) is 1.30. The number of nitrogens with two attached hydrogens (primary N) is 1. The van der Waals surface area contributed by atoms with Crippen LogP contribution in [0.1, 0.15) is 0 Å². The molecule has 2 aromatic carbocycles. The van der Waals surface area contributed by atoms with Gasteiger partial charge in [0.15, 0.2) is 0 Å². The third-order valence-electron chi connectivity index (χ3n) is 2.05. The second-order valence-corrected chi connectivity index (χ2v) is 3.13. The van der Waals surface area contributed by atoms with Crippen molar-refractivity contribution in [1.29, 1.82) is 0 Å². The molecule has 0 saturated heterocycles. The van der Waals surface area contributed by atoms with Gasteiger partial charge >= 0.3 is 0 Å². The Bertz CT molecular complexity index is 411. The van der Waals surface area contributed by atoms with E-state index in [1.807, 2.05) is 54.6 Å². The van der Waals surface area contributed by atoms with E-state index >= 15 is 0 Å². The van der Waals surface area contributed by atoms with Gasteiger partial charge in [0.2, 0.25) is 0 Å². The first-order valence-corrected chi connectivity index (χ1v) is 4.67. The molecule has 2 rings (SSSR count). The van der Waals surface area contributed by atoms with Crippen molar-refractivity contribution < 1.29 is 4.84 Å². The minimum atomic E-state index is 0.647. The molecule has 0 aliphatic rings. The number of anilines is 2. The number of hydrogen-bond acceptors (Lipinski definition) is 3. The van der Waals surface area contributed by atoms with Crippen LogP contribution in [0.25, 0.3) is 0 Å². The summed E-state index contributed by atoms with van der Waals surface area (Å²) >= 11 is 0. The predicted molar refractivity (Wildman–Crippen MR) is 61.0 cm³/mol. The monoisotopic (exact) mass is 200 g/mol. The molecule has 0 radical (unpaired) electrons. The van der Waals surface area contributed by atoms with E-state index in [1.165, 1.54) is 0 Å². The van der Waals surface area contributed by atoms with Crippen LogP contribution in [-0.4, -0.2) is 0 Å². The lowest BCUT2D eigenvalue weighted by Gasteiger charge is -2.06. The molecule has 3 heteroatoms. The van der Waals surface area contributed by atoms with Crippen molar-refractivity contribution in [2.75, 3.05) is 5.32 Å². The fourth-order valence-corrected chi connectivity index (χ4v) is 1.30. The summed E-state index contributed by atoms with van der Waals surface area (Å²) < 4.78 is 0. The van der Waals surface area contributed by atoms with Crippen LogP contribution in [0.5, 0.6) is 5.75 Å². The van der Waals surface area contributed by atoms with Gasteiger partial charge in [0.1, 0.15) is 5.75 Å². The van der Waals surface area contributed by atoms with Crippen molar-refractivity contribution in [2.24, 2.45) is 5.90 Å². The van der Waals surface area contributed by atoms with Crippen LogP contribution in [0.2, 0.25) is 0 Å². The smallest absolute Gasteiger partial charge is 0.146 e. The third kappa shape index (κ3) is 2.48. The molecular formula is C12H12N2O. The lowest BCUT2D eigenvalue weighted by Crippen LogP contribution is -2.01. The summed E-state index contributed by atoms with van der Waals surface area (Å²) in [6.07, 6.45) is 0. The Morgan fingerprint density at radius 2 is 1.40 bits per heavy atom. The highest BCUT2D eigenvalue weighted by Crippen LogP contribution is 2.18. The molecule has 0 heterocycles. The molecule has 0 aromatic heterocycles. The maximum atomic E-state index is 5.03. The van der Waals surface area contributed by atoms with E-state index in [-0.39, 0.29) is 0 Å². The number of nitrogens with one attached hydrogen (secondary N) is 1. The molecule has 0 spiro atoms. The summed E-state index contributed by atoms with van der Waals surface area (Å²) in [6, 6.07) is 17.4. The quantitative estimate of drug-likeness (QED) is 0.749. The molecule has 0 atom stereocenters. The molecule has 0 bridgehead atoms. The van der Waals surface area contributed by atoms with Crippen LogP contribution in [0.3, 0.4) is 0 Å². The Morgan fingerprint density at radius 3 is 2.00 bits per heavy atom. The first-order valence-electron chi connectivity index (χ1n) is 4.67. The van der Waals surface area contributed by atoms with Gasteiger partial charge in [0.25, 0.3) is 0 Å². The van der Waals surface area contributed by atoms with Gasteiger partial charge in [-0.1, -0.05) is 18.2 Å². The SMILES string of the molecule is NOc1ccc(Nc2ccccc2)cc1. The Balaban J connectivity index is 2.11. The van der Waals surface area contributed by atoms with E-state index in [0.29, 0.717) is 5.75 Å². The Kier molecular flexibility index (Phi) is 2.85. The molecule has 76 valence electrons. The van der Waals surface area contributed by atoms with Crippen molar-refractivity contribution in [1.82, 2.24) is 0 Å². The molecule has 0 unspecified atom stereocenters. The first kappa shape index (κ1) is 9.55. The number of hydrogen-bond donors (Lipinski definition) is 2. The summed E-state index contributed by atoms with van der Waals surface area (Å²) in [5.41, 5.74) is 2.06. The summed E-state index contributed by atoms with van der Waals surface area (Å²) in [5.74, 6) is 5.68. The normalized spacial score (nSPS) is 9.67. The Hall–Kier alpha value is -2.00. The molecule has 15 heavy (non-hydrogen) atoms. The zero-order valence-corrected chi connectivity index (χ0v) is 8.18. The Labute approximate surface area is 88.4 Å². The van der Waals surface area contributed by atoms with E-state index in [0.717, 1.165) is 11.4 Å². The summed E-state index contributed by atoms with van der Waals surface area (Å²) in [4.78, 5) is 4.59. The van der Waals surface area contributed by atoms with E-state index in [1.54, 1.807) is 0 Å². The van der Waals surface area contributed by atoms with Crippen molar-refractivity contribution in [3.63, 3.8) is 0 Å². The first-order chi connectivity index (χ1) is 7.38. The molecular weight excluding hydrogens is 188 g/mol. The molecule has 0 aliphatic carbocycles. The van der Waals surface area contributed by atoms with Crippen LogP contribution in [0.4, 0.5) is 11.4 Å². The highest BCUT2D eigenvalue weighted by Gasteiger charge is 1.94. The maximum Gasteiger partial charge on any atom is 0.146 e. The number of benzene rings is 2. The predicted octanol–water partition coefficient (Wildman–Crippen LogP) is 2.68. The van der Waals surface area contributed by atoms with Gasteiger partial charge in [-0.15, -0.1) is 0 Å². The molecule has 0 fully saturated rings. The summed E-state index contributed by atoms with van der Waals surface area (Å²) in [7, 11) is 0. The second-order valence-electron chi connectivity index (χ2n) is 3.13. The average molecular weight is 200 g/mol. The standard InChI is InChI=1S/C12H12N2O/c13-15-12-8-6-11(7-9-12)14-10-4-2-1-3-5-10/h1-9,14H,13H2. The topological polar surface area (TPSA) is 47.3 Å². The molecule has 3 N–H and O–H groups in total. The van der Waals surface area contributed by atoms with E-state index < -0.39 is 0 Å². The largest absolute Gasteiger partial charge is 0.412 e. The van der Waals surface area contributed by atoms with Crippen LogP contribution in [-0.2, 0) is 0 Å². The summed E-state index contributed by atoms with van der Waals surface area (Å²) in [6.45, 7) is 0. The molecule has 0 aliphatic heterocycles. The van der Waals surface area contributed by atoms with E-state index in [9.17, 15) is 0 Å². The maximum absolute atomic E-state index is 5.03. The van der Waals surface area contributed by atoms with Crippen LogP contribution < -0.4 is 16.1 Å². The molecule has 0 amide bonds. The van der Waals surface area contributed by atoms with Crippen molar-refractivity contribution >= 4 is 11.4 Å². The second kappa shape index (κ2) is 4.48. The van der Waals surface area contributed by atoms with E-state index in [4.69, 9.17) is 5.90 Å². The zero-order valence-electron chi connectivity index (χ0n) is 8.18. The van der Waals surface area contributed by atoms with Gasteiger partial charge in [-0.3, -0.25) is 0 Å². The van der Waals surface area contributed by atoms with Crippen LogP contribution in [0.15, 0.2) is 54.6 Å². The minimum Gasteiger partial charge on any atom is -0.412 e. The van der Waals surface area contributed by atoms with Gasteiger partial charge in [-0.05, 0) is 36.4 Å². The van der Waals surface area contributed by atoms with Crippen LogP contribution in [0, 0.1) is 0 Å². The minimum absolute atomic E-state index is 0.647. The highest BCUT2D eigenvalue weighted by molar-refractivity contribution is 5.59.